The van der Waals surface area contributed by atoms with Crippen molar-refractivity contribution in [2.45, 2.75) is 12.3 Å². The first-order chi connectivity index (χ1) is 11.5. The number of carbonyl (C=O) groups is 1. The second kappa shape index (κ2) is 5.76. The average molecular weight is 339 g/mol. The number of fused-ring (bicyclic) bond motifs is 1. The second-order valence-corrected chi connectivity index (χ2v) is 7.09. The van der Waals surface area contributed by atoms with Crippen LogP contribution in [0.4, 0.5) is 5.69 Å². The first kappa shape index (κ1) is 15.4. The van der Waals surface area contributed by atoms with Gasteiger partial charge in [-0.05, 0) is 49.2 Å². The molecule has 0 aromatic heterocycles. The molecule has 0 radical (unpaired) electrons. The summed E-state index contributed by atoms with van der Waals surface area (Å²) in [6, 6.07) is 12.4. The molecular formula is C20H19ClN2O. The second-order valence-electron chi connectivity index (χ2n) is 6.68. The molecule has 4 rings (SSSR count). The third kappa shape index (κ3) is 2.54. The van der Waals surface area contributed by atoms with Gasteiger partial charge in [-0.15, -0.1) is 0 Å². The van der Waals surface area contributed by atoms with Crippen molar-refractivity contribution in [1.82, 2.24) is 4.90 Å². The van der Waals surface area contributed by atoms with Crippen LogP contribution in [0.15, 0.2) is 43.0 Å². The van der Waals surface area contributed by atoms with Gasteiger partial charge in [-0.3, -0.25) is 4.79 Å². The van der Waals surface area contributed by atoms with Crippen LogP contribution >= 0.6 is 11.6 Å². The number of hydrogen-bond acceptors (Lipinski definition) is 2. The number of nitrogens with zero attached hydrogens (tertiary/aromatic N) is 1. The van der Waals surface area contributed by atoms with Gasteiger partial charge < -0.3 is 10.2 Å². The molecule has 122 valence electrons. The third-order valence-electron chi connectivity index (χ3n) is 5.04. The molecule has 2 aromatic rings. The van der Waals surface area contributed by atoms with Crippen molar-refractivity contribution in [1.29, 1.82) is 0 Å². The Bertz CT molecular complexity index is 841. The van der Waals surface area contributed by atoms with Crippen LogP contribution in [-0.2, 0) is 4.79 Å². The van der Waals surface area contributed by atoms with E-state index in [1.807, 2.05) is 12.1 Å². The molecule has 2 aliphatic rings. The van der Waals surface area contributed by atoms with Gasteiger partial charge in [0.25, 0.3) is 5.91 Å². The van der Waals surface area contributed by atoms with Crippen LogP contribution in [0.3, 0.4) is 0 Å². The van der Waals surface area contributed by atoms with Crippen molar-refractivity contribution < 1.29 is 4.79 Å². The maximum atomic E-state index is 11.8. The van der Waals surface area contributed by atoms with Gasteiger partial charge in [0.2, 0.25) is 0 Å². The SMILES string of the molecule is C=C1C(=O)Nc2cc(Cl)c(-c3ccc(C4CCN(C)C4)cc3)cc21. The lowest BCUT2D eigenvalue weighted by Gasteiger charge is -2.13. The Morgan fingerprint density at radius 3 is 2.62 bits per heavy atom. The van der Waals surface area contributed by atoms with Crippen LogP contribution in [0.5, 0.6) is 0 Å². The van der Waals surface area contributed by atoms with Crippen LogP contribution in [0.2, 0.25) is 5.02 Å². The first-order valence-corrected chi connectivity index (χ1v) is 8.54. The molecule has 2 aliphatic heterocycles. The van der Waals surface area contributed by atoms with Crippen molar-refractivity contribution in [3.05, 3.63) is 59.1 Å². The van der Waals surface area contributed by atoms with Crippen molar-refractivity contribution >= 4 is 28.8 Å². The van der Waals surface area contributed by atoms with Crippen molar-refractivity contribution in [2.75, 3.05) is 25.5 Å². The van der Waals surface area contributed by atoms with E-state index in [-0.39, 0.29) is 5.91 Å². The zero-order valence-corrected chi connectivity index (χ0v) is 14.4. The summed E-state index contributed by atoms with van der Waals surface area (Å²) in [7, 11) is 2.17. The molecule has 0 saturated carbocycles. The fraction of sp³-hybridized carbons (Fsp3) is 0.250. The number of likely N-dealkylation sites (tertiary alicyclic amines) is 1. The highest BCUT2D eigenvalue weighted by Crippen LogP contribution is 2.39. The van der Waals surface area contributed by atoms with Gasteiger partial charge in [-0.25, -0.2) is 0 Å². The Morgan fingerprint density at radius 2 is 1.96 bits per heavy atom. The number of likely N-dealkylation sites (N-methyl/N-ethyl adjacent to an activating group) is 1. The number of anilines is 1. The highest BCUT2D eigenvalue weighted by atomic mass is 35.5. The summed E-state index contributed by atoms with van der Waals surface area (Å²) in [5, 5.41) is 3.43. The fourth-order valence-electron chi connectivity index (χ4n) is 3.61. The minimum Gasteiger partial charge on any atom is -0.321 e. The zero-order chi connectivity index (χ0) is 16.8. The standard InChI is InChI=1S/C20H19ClN2O/c1-12-16-9-17(18(21)10-19(16)22-20(12)24)14-5-3-13(4-6-14)15-7-8-23(2)11-15/h3-6,9-10,15H,1,7-8,11H2,2H3,(H,22,24). The largest absolute Gasteiger partial charge is 0.321 e. The molecule has 1 amide bonds. The Kier molecular flexibility index (Phi) is 3.70. The van der Waals surface area contributed by atoms with E-state index >= 15 is 0 Å². The zero-order valence-electron chi connectivity index (χ0n) is 13.6. The van der Waals surface area contributed by atoms with Gasteiger partial charge in [0.15, 0.2) is 0 Å². The van der Waals surface area contributed by atoms with E-state index in [4.69, 9.17) is 11.6 Å². The van der Waals surface area contributed by atoms with Gasteiger partial charge in [-0.2, -0.15) is 0 Å². The van der Waals surface area contributed by atoms with E-state index in [1.54, 1.807) is 0 Å². The summed E-state index contributed by atoms with van der Waals surface area (Å²) in [5.74, 6) is 0.458. The monoisotopic (exact) mass is 338 g/mol. The van der Waals surface area contributed by atoms with Crippen LogP contribution < -0.4 is 5.32 Å². The number of nitrogens with one attached hydrogen (secondary N) is 1. The summed E-state index contributed by atoms with van der Waals surface area (Å²) < 4.78 is 0. The van der Waals surface area contributed by atoms with Crippen molar-refractivity contribution in [3.8, 4) is 11.1 Å². The maximum Gasteiger partial charge on any atom is 0.255 e. The number of amides is 1. The Hall–Kier alpha value is -2.10. The predicted molar refractivity (Wildman–Crippen MR) is 99.4 cm³/mol. The Morgan fingerprint density at radius 1 is 1.21 bits per heavy atom. The Labute approximate surface area is 146 Å². The molecule has 0 bridgehead atoms. The van der Waals surface area contributed by atoms with E-state index in [0.717, 1.165) is 35.5 Å². The molecule has 1 fully saturated rings. The van der Waals surface area contributed by atoms with Gasteiger partial charge in [0, 0.05) is 23.2 Å². The molecule has 1 atom stereocenters. The summed E-state index contributed by atoms with van der Waals surface area (Å²) in [6.07, 6.45) is 1.21. The smallest absolute Gasteiger partial charge is 0.255 e. The van der Waals surface area contributed by atoms with E-state index < -0.39 is 0 Å². The first-order valence-electron chi connectivity index (χ1n) is 8.16. The molecular weight excluding hydrogens is 320 g/mol. The highest BCUT2D eigenvalue weighted by Gasteiger charge is 2.24. The molecule has 24 heavy (non-hydrogen) atoms. The lowest BCUT2D eigenvalue weighted by Crippen LogP contribution is -2.13. The topological polar surface area (TPSA) is 32.3 Å². The maximum absolute atomic E-state index is 11.8. The molecule has 1 unspecified atom stereocenters. The van der Waals surface area contributed by atoms with Crippen molar-refractivity contribution in [3.63, 3.8) is 0 Å². The van der Waals surface area contributed by atoms with Crippen molar-refractivity contribution in [2.24, 2.45) is 0 Å². The lowest BCUT2D eigenvalue weighted by molar-refractivity contribution is -0.110. The molecule has 0 spiro atoms. The quantitative estimate of drug-likeness (QED) is 0.823. The summed E-state index contributed by atoms with van der Waals surface area (Å²) in [4.78, 5) is 14.1. The number of benzene rings is 2. The van der Waals surface area contributed by atoms with E-state index in [1.165, 1.54) is 12.0 Å². The number of carbonyl (C=O) groups excluding carboxylic acids is 1. The van der Waals surface area contributed by atoms with Crippen LogP contribution in [0.25, 0.3) is 16.7 Å². The van der Waals surface area contributed by atoms with E-state index in [9.17, 15) is 4.79 Å². The molecule has 0 aliphatic carbocycles. The average Bonchev–Trinajstić information content (AvgIpc) is 3.11. The third-order valence-corrected chi connectivity index (χ3v) is 5.35. The normalized spacial score (nSPS) is 20.3. The summed E-state index contributed by atoms with van der Waals surface area (Å²) in [6.45, 7) is 6.13. The van der Waals surface area contributed by atoms with Crippen LogP contribution in [0, 0.1) is 0 Å². The van der Waals surface area contributed by atoms with Crippen LogP contribution in [-0.4, -0.2) is 30.9 Å². The minimum atomic E-state index is -0.154. The summed E-state index contributed by atoms with van der Waals surface area (Å²) in [5.41, 5.74) is 5.44. The molecule has 1 saturated heterocycles. The van der Waals surface area contributed by atoms with Gasteiger partial charge in [-0.1, -0.05) is 42.4 Å². The molecule has 2 aromatic carbocycles. The van der Waals surface area contributed by atoms with E-state index in [2.05, 4.69) is 48.1 Å². The molecule has 3 nitrogen and oxygen atoms in total. The van der Waals surface area contributed by atoms with Gasteiger partial charge in [0.1, 0.15) is 0 Å². The fourth-order valence-corrected chi connectivity index (χ4v) is 3.88. The van der Waals surface area contributed by atoms with Gasteiger partial charge in [0.05, 0.1) is 10.7 Å². The summed E-state index contributed by atoms with van der Waals surface area (Å²) >= 11 is 6.44. The number of hydrogen-bond donors (Lipinski definition) is 1. The molecule has 4 heteroatoms. The van der Waals surface area contributed by atoms with Crippen LogP contribution in [0.1, 0.15) is 23.5 Å². The Balaban J connectivity index is 1.67. The predicted octanol–water partition coefficient (Wildman–Crippen LogP) is 4.39. The number of halogens is 1. The lowest BCUT2D eigenvalue weighted by atomic mass is 9.94. The minimum absolute atomic E-state index is 0.154. The number of rotatable bonds is 2. The highest BCUT2D eigenvalue weighted by molar-refractivity contribution is 6.36. The van der Waals surface area contributed by atoms with Gasteiger partial charge >= 0.3 is 0 Å². The van der Waals surface area contributed by atoms with E-state index in [0.29, 0.717) is 16.5 Å². The molecule has 2 heterocycles. The molecule has 1 N–H and O–H groups in total.